The summed E-state index contributed by atoms with van der Waals surface area (Å²) in [5.74, 6) is 0. The lowest BCUT2D eigenvalue weighted by Crippen LogP contribution is -2.15. The first-order valence-corrected chi connectivity index (χ1v) is 7.03. The lowest BCUT2D eigenvalue weighted by atomic mass is 10.1. The van der Waals surface area contributed by atoms with Crippen molar-refractivity contribution in [3.8, 4) is 0 Å². The average Bonchev–Trinajstić information content (AvgIpc) is 3.03. The number of benzene rings is 2. The number of nitrogens with one attached hydrogen (secondary N) is 1. The van der Waals surface area contributed by atoms with Gasteiger partial charge in [0.25, 0.3) is 0 Å². The lowest BCUT2D eigenvalue weighted by Gasteiger charge is -2.15. The largest absolute Gasteiger partial charge is 0.384 e. The molecule has 2 aliphatic rings. The normalized spacial score (nSPS) is 17.1. The number of anilines is 1. The van der Waals surface area contributed by atoms with Crippen LogP contribution in [0.3, 0.4) is 0 Å². The molecule has 2 heterocycles. The van der Waals surface area contributed by atoms with Gasteiger partial charge in [-0.25, -0.2) is 0 Å². The monoisotopic (exact) mass is 250 g/mol. The molecule has 0 saturated heterocycles. The van der Waals surface area contributed by atoms with Gasteiger partial charge in [-0.1, -0.05) is 36.4 Å². The summed E-state index contributed by atoms with van der Waals surface area (Å²) < 4.78 is 0. The van der Waals surface area contributed by atoms with Crippen molar-refractivity contribution < 1.29 is 0 Å². The summed E-state index contributed by atoms with van der Waals surface area (Å²) in [6.45, 7) is 4.33. The van der Waals surface area contributed by atoms with Crippen molar-refractivity contribution in [1.82, 2.24) is 4.90 Å². The second-order valence-electron chi connectivity index (χ2n) is 5.58. The van der Waals surface area contributed by atoms with Gasteiger partial charge in [0.15, 0.2) is 0 Å². The Hall–Kier alpha value is -1.80. The summed E-state index contributed by atoms with van der Waals surface area (Å²) >= 11 is 0. The Labute approximate surface area is 114 Å². The summed E-state index contributed by atoms with van der Waals surface area (Å²) in [6, 6.07) is 15.7. The smallest absolute Gasteiger partial charge is 0.0373 e. The molecule has 0 atom stereocenters. The number of hydrogen-bond donors (Lipinski definition) is 1. The summed E-state index contributed by atoms with van der Waals surface area (Å²) in [6.07, 6.45) is 1.17. The summed E-state index contributed by atoms with van der Waals surface area (Å²) in [5.41, 5.74) is 7.23. The van der Waals surface area contributed by atoms with E-state index < -0.39 is 0 Å². The summed E-state index contributed by atoms with van der Waals surface area (Å²) in [7, 11) is 0. The van der Waals surface area contributed by atoms with Gasteiger partial charge in [-0.15, -0.1) is 0 Å². The first-order chi connectivity index (χ1) is 9.38. The molecule has 4 rings (SSSR count). The van der Waals surface area contributed by atoms with E-state index >= 15 is 0 Å². The number of nitrogens with zero attached hydrogens (tertiary/aromatic N) is 1. The van der Waals surface area contributed by atoms with Crippen molar-refractivity contribution in [2.24, 2.45) is 0 Å². The SMILES string of the molecule is c1ccc2c(c1)CN(Cc1ccc3c(c1)CCN3)C2. The third-order valence-corrected chi connectivity index (χ3v) is 4.19. The first kappa shape index (κ1) is 11.1. The van der Waals surface area contributed by atoms with Crippen LogP contribution in [-0.4, -0.2) is 11.4 Å². The van der Waals surface area contributed by atoms with Gasteiger partial charge < -0.3 is 5.32 Å². The average molecular weight is 250 g/mol. The van der Waals surface area contributed by atoms with Crippen LogP contribution in [0.1, 0.15) is 22.3 Å². The van der Waals surface area contributed by atoms with Crippen molar-refractivity contribution in [3.05, 3.63) is 64.7 Å². The Morgan fingerprint density at radius 3 is 2.53 bits per heavy atom. The molecule has 0 saturated carbocycles. The molecule has 0 aliphatic carbocycles. The van der Waals surface area contributed by atoms with E-state index in [1.54, 1.807) is 0 Å². The predicted molar refractivity (Wildman–Crippen MR) is 78.0 cm³/mol. The standard InChI is InChI=1S/C17H18N2/c1-2-4-16-12-19(11-15(16)3-1)10-13-5-6-17-14(9-13)7-8-18-17/h1-6,9,18H,7-8,10-12H2. The molecule has 2 aliphatic heterocycles. The van der Waals surface area contributed by atoms with Gasteiger partial charge in [0, 0.05) is 31.9 Å². The first-order valence-electron chi connectivity index (χ1n) is 7.03. The minimum atomic E-state index is 1.06. The van der Waals surface area contributed by atoms with Gasteiger partial charge in [-0.3, -0.25) is 4.90 Å². The quantitative estimate of drug-likeness (QED) is 0.880. The maximum absolute atomic E-state index is 3.42. The van der Waals surface area contributed by atoms with Crippen molar-refractivity contribution in [2.45, 2.75) is 26.1 Å². The lowest BCUT2D eigenvalue weighted by molar-refractivity contribution is 0.275. The maximum atomic E-state index is 3.42. The van der Waals surface area contributed by atoms with Crippen LogP contribution in [0.25, 0.3) is 0 Å². The fourth-order valence-corrected chi connectivity index (χ4v) is 3.23. The van der Waals surface area contributed by atoms with E-state index in [1.807, 2.05) is 0 Å². The van der Waals surface area contributed by atoms with E-state index in [9.17, 15) is 0 Å². The molecule has 19 heavy (non-hydrogen) atoms. The number of rotatable bonds is 2. The van der Waals surface area contributed by atoms with Crippen molar-refractivity contribution in [2.75, 3.05) is 11.9 Å². The molecule has 2 aromatic carbocycles. The van der Waals surface area contributed by atoms with E-state index in [0.717, 1.165) is 26.2 Å². The molecule has 0 radical (unpaired) electrons. The Kier molecular flexibility index (Phi) is 2.56. The Morgan fingerprint density at radius 1 is 0.947 bits per heavy atom. The Bertz CT molecular complexity index is 593. The molecule has 0 amide bonds. The number of hydrogen-bond acceptors (Lipinski definition) is 2. The molecule has 2 nitrogen and oxygen atoms in total. The second-order valence-corrected chi connectivity index (χ2v) is 5.58. The van der Waals surface area contributed by atoms with E-state index in [4.69, 9.17) is 0 Å². The molecule has 0 aromatic heterocycles. The highest BCUT2D eigenvalue weighted by Crippen LogP contribution is 2.27. The molecule has 0 unspecified atom stereocenters. The molecule has 0 fully saturated rings. The van der Waals surface area contributed by atoms with E-state index in [2.05, 4.69) is 52.7 Å². The molecule has 2 aromatic rings. The van der Waals surface area contributed by atoms with E-state index in [0.29, 0.717) is 0 Å². The van der Waals surface area contributed by atoms with Crippen LogP contribution in [0.2, 0.25) is 0 Å². The molecular formula is C17H18N2. The van der Waals surface area contributed by atoms with Crippen LogP contribution in [0.15, 0.2) is 42.5 Å². The minimum absolute atomic E-state index is 1.06. The highest BCUT2D eigenvalue weighted by atomic mass is 15.1. The summed E-state index contributed by atoms with van der Waals surface area (Å²) in [4.78, 5) is 2.52. The van der Waals surface area contributed by atoms with Gasteiger partial charge in [0.1, 0.15) is 0 Å². The fraction of sp³-hybridized carbons (Fsp3) is 0.294. The van der Waals surface area contributed by atoms with Crippen LogP contribution in [0.5, 0.6) is 0 Å². The van der Waals surface area contributed by atoms with Crippen LogP contribution in [0.4, 0.5) is 5.69 Å². The van der Waals surface area contributed by atoms with Crippen molar-refractivity contribution in [3.63, 3.8) is 0 Å². The molecular weight excluding hydrogens is 232 g/mol. The third kappa shape index (κ3) is 2.02. The Balaban J connectivity index is 1.51. The zero-order valence-corrected chi connectivity index (χ0v) is 11.0. The Morgan fingerprint density at radius 2 is 1.74 bits per heavy atom. The molecule has 1 N–H and O–H groups in total. The summed E-state index contributed by atoms with van der Waals surface area (Å²) in [5, 5.41) is 3.42. The van der Waals surface area contributed by atoms with Gasteiger partial charge >= 0.3 is 0 Å². The highest BCUT2D eigenvalue weighted by Gasteiger charge is 2.18. The van der Waals surface area contributed by atoms with Crippen LogP contribution < -0.4 is 5.32 Å². The van der Waals surface area contributed by atoms with E-state index in [1.165, 1.54) is 34.4 Å². The van der Waals surface area contributed by atoms with Gasteiger partial charge in [0.05, 0.1) is 0 Å². The topological polar surface area (TPSA) is 15.3 Å². The molecule has 96 valence electrons. The fourth-order valence-electron chi connectivity index (χ4n) is 3.23. The van der Waals surface area contributed by atoms with Crippen molar-refractivity contribution in [1.29, 1.82) is 0 Å². The van der Waals surface area contributed by atoms with Gasteiger partial charge in [0.2, 0.25) is 0 Å². The molecule has 0 bridgehead atoms. The highest BCUT2D eigenvalue weighted by molar-refractivity contribution is 5.56. The van der Waals surface area contributed by atoms with Gasteiger partial charge in [-0.05, 0) is 34.7 Å². The minimum Gasteiger partial charge on any atom is -0.384 e. The predicted octanol–water partition coefficient (Wildman–Crippen LogP) is 3.17. The van der Waals surface area contributed by atoms with E-state index in [-0.39, 0.29) is 0 Å². The second kappa shape index (κ2) is 4.39. The van der Waals surface area contributed by atoms with Gasteiger partial charge in [-0.2, -0.15) is 0 Å². The molecule has 2 heteroatoms. The van der Waals surface area contributed by atoms with Crippen LogP contribution >= 0.6 is 0 Å². The maximum Gasteiger partial charge on any atom is 0.0373 e. The van der Waals surface area contributed by atoms with Crippen LogP contribution in [-0.2, 0) is 26.1 Å². The third-order valence-electron chi connectivity index (χ3n) is 4.19. The zero-order valence-electron chi connectivity index (χ0n) is 11.0. The van der Waals surface area contributed by atoms with Crippen molar-refractivity contribution >= 4 is 5.69 Å². The van der Waals surface area contributed by atoms with Crippen LogP contribution in [0, 0.1) is 0 Å². The zero-order chi connectivity index (χ0) is 12.7. The number of fused-ring (bicyclic) bond motifs is 2. The molecule has 0 spiro atoms.